The molecule has 0 aliphatic carbocycles. The topological polar surface area (TPSA) is 63.2 Å². The van der Waals surface area contributed by atoms with E-state index < -0.39 is 5.97 Å². The van der Waals surface area contributed by atoms with E-state index in [0.29, 0.717) is 16.7 Å². The minimum absolute atomic E-state index is 0.248. The normalized spacial score (nSPS) is 10.2. The second-order valence-corrected chi connectivity index (χ2v) is 4.18. The van der Waals surface area contributed by atoms with Gasteiger partial charge in [0.2, 0.25) is 0 Å². The van der Waals surface area contributed by atoms with Crippen LogP contribution in [0.1, 0.15) is 15.9 Å². The van der Waals surface area contributed by atoms with Crippen LogP contribution in [-0.4, -0.2) is 5.97 Å². The van der Waals surface area contributed by atoms with Crippen LogP contribution in [0.2, 0.25) is 0 Å². The van der Waals surface area contributed by atoms with Gasteiger partial charge in [0, 0.05) is 11.5 Å². The molecule has 0 aliphatic rings. The summed E-state index contributed by atoms with van der Waals surface area (Å²) in [5.74, 6) is -0.240. The molecule has 0 atom stereocenters. The molecule has 0 saturated heterocycles. The SMILES string of the molecule is N#Cc1cc(OC(=O)c2ccccc2)c2occc2c1. The van der Waals surface area contributed by atoms with Crippen LogP contribution in [0.5, 0.6) is 5.75 Å². The molecule has 0 bridgehead atoms. The Morgan fingerprint density at radius 3 is 2.70 bits per heavy atom. The van der Waals surface area contributed by atoms with E-state index in [2.05, 4.69) is 0 Å². The first-order chi connectivity index (χ1) is 9.78. The van der Waals surface area contributed by atoms with Gasteiger partial charge in [0.25, 0.3) is 0 Å². The maximum absolute atomic E-state index is 12.0. The van der Waals surface area contributed by atoms with Gasteiger partial charge in [-0.3, -0.25) is 0 Å². The number of nitrogens with zero attached hydrogens (tertiary/aromatic N) is 1. The molecule has 0 fully saturated rings. The lowest BCUT2D eigenvalue weighted by Gasteiger charge is -2.05. The number of carbonyl (C=O) groups is 1. The first-order valence-corrected chi connectivity index (χ1v) is 5.96. The molecule has 0 spiro atoms. The Hall–Kier alpha value is -3.06. The largest absolute Gasteiger partial charge is 0.460 e. The summed E-state index contributed by atoms with van der Waals surface area (Å²) in [6.45, 7) is 0. The molecular weight excluding hydrogens is 254 g/mol. The molecule has 3 rings (SSSR count). The number of nitriles is 1. The lowest BCUT2D eigenvalue weighted by Crippen LogP contribution is -2.08. The zero-order chi connectivity index (χ0) is 13.9. The molecule has 96 valence electrons. The van der Waals surface area contributed by atoms with Crippen molar-refractivity contribution in [3.05, 3.63) is 65.9 Å². The molecule has 3 aromatic rings. The van der Waals surface area contributed by atoms with Crippen molar-refractivity contribution in [3.63, 3.8) is 0 Å². The van der Waals surface area contributed by atoms with Crippen molar-refractivity contribution >= 4 is 16.9 Å². The van der Waals surface area contributed by atoms with Crippen molar-refractivity contribution in [2.75, 3.05) is 0 Å². The van der Waals surface area contributed by atoms with Gasteiger partial charge >= 0.3 is 5.97 Å². The van der Waals surface area contributed by atoms with E-state index in [4.69, 9.17) is 14.4 Å². The Morgan fingerprint density at radius 2 is 1.95 bits per heavy atom. The third kappa shape index (κ3) is 2.13. The molecule has 0 amide bonds. The van der Waals surface area contributed by atoms with E-state index in [0.717, 1.165) is 5.39 Å². The Bertz CT molecular complexity index is 813. The summed E-state index contributed by atoms with van der Waals surface area (Å²) in [5, 5.41) is 9.71. The minimum atomic E-state index is -0.488. The number of esters is 1. The van der Waals surface area contributed by atoms with E-state index in [1.165, 1.54) is 12.3 Å². The standard InChI is InChI=1S/C16H9NO3/c17-10-11-8-13-6-7-19-15(13)14(9-11)20-16(18)12-4-2-1-3-5-12/h1-9H. The van der Waals surface area contributed by atoms with Gasteiger partial charge in [-0.1, -0.05) is 18.2 Å². The average Bonchev–Trinajstić information content (AvgIpc) is 2.96. The lowest BCUT2D eigenvalue weighted by molar-refractivity contribution is 0.0735. The van der Waals surface area contributed by atoms with Crippen molar-refractivity contribution < 1.29 is 13.9 Å². The molecule has 4 heteroatoms. The number of ether oxygens (including phenoxy) is 1. The number of hydrogen-bond donors (Lipinski definition) is 0. The zero-order valence-electron chi connectivity index (χ0n) is 10.4. The molecule has 20 heavy (non-hydrogen) atoms. The number of benzene rings is 2. The van der Waals surface area contributed by atoms with Crippen LogP contribution < -0.4 is 4.74 Å². The maximum Gasteiger partial charge on any atom is 0.343 e. The third-order valence-electron chi connectivity index (χ3n) is 2.86. The summed E-state index contributed by atoms with van der Waals surface area (Å²) in [5.41, 5.74) is 1.30. The van der Waals surface area contributed by atoms with Gasteiger partial charge in [-0.25, -0.2) is 4.79 Å². The summed E-state index contributed by atoms with van der Waals surface area (Å²) in [7, 11) is 0. The van der Waals surface area contributed by atoms with E-state index in [1.807, 2.05) is 12.1 Å². The highest BCUT2D eigenvalue weighted by Crippen LogP contribution is 2.29. The van der Waals surface area contributed by atoms with Gasteiger partial charge < -0.3 is 9.15 Å². The summed E-state index contributed by atoms with van der Waals surface area (Å²) in [6.07, 6.45) is 1.49. The molecular formula is C16H9NO3. The van der Waals surface area contributed by atoms with Crippen LogP contribution in [-0.2, 0) is 0 Å². The summed E-state index contributed by atoms with van der Waals surface area (Å²) in [6, 6.07) is 15.6. The van der Waals surface area contributed by atoms with Crippen LogP contribution in [0.15, 0.2) is 59.2 Å². The van der Waals surface area contributed by atoms with Gasteiger partial charge in [0.15, 0.2) is 11.3 Å². The average molecular weight is 263 g/mol. The fraction of sp³-hybridized carbons (Fsp3) is 0. The molecule has 0 N–H and O–H groups in total. The second-order valence-electron chi connectivity index (χ2n) is 4.18. The van der Waals surface area contributed by atoms with Gasteiger partial charge in [-0.15, -0.1) is 0 Å². The molecule has 0 saturated carbocycles. The van der Waals surface area contributed by atoms with Gasteiger partial charge in [0.1, 0.15) is 0 Å². The van der Waals surface area contributed by atoms with E-state index >= 15 is 0 Å². The highest BCUT2D eigenvalue weighted by Gasteiger charge is 2.13. The first-order valence-electron chi connectivity index (χ1n) is 5.96. The Balaban J connectivity index is 2.00. The van der Waals surface area contributed by atoms with Gasteiger partial charge in [-0.2, -0.15) is 5.26 Å². The number of hydrogen-bond acceptors (Lipinski definition) is 4. The van der Waals surface area contributed by atoms with Crippen LogP contribution in [0.25, 0.3) is 11.0 Å². The van der Waals surface area contributed by atoms with Gasteiger partial charge in [-0.05, 0) is 24.3 Å². The van der Waals surface area contributed by atoms with Crippen LogP contribution >= 0.6 is 0 Å². The fourth-order valence-corrected chi connectivity index (χ4v) is 1.92. The zero-order valence-corrected chi connectivity index (χ0v) is 10.4. The molecule has 1 aromatic heterocycles. The van der Waals surface area contributed by atoms with Crippen LogP contribution in [0.3, 0.4) is 0 Å². The van der Waals surface area contributed by atoms with Crippen LogP contribution in [0, 0.1) is 11.3 Å². The highest BCUT2D eigenvalue weighted by molar-refractivity contribution is 5.94. The Kier molecular flexibility index (Phi) is 2.94. The molecule has 2 aromatic carbocycles. The van der Waals surface area contributed by atoms with E-state index in [-0.39, 0.29) is 5.75 Å². The molecule has 4 nitrogen and oxygen atoms in total. The lowest BCUT2D eigenvalue weighted by atomic mass is 10.1. The monoisotopic (exact) mass is 263 g/mol. The molecule has 0 aliphatic heterocycles. The molecule has 0 unspecified atom stereocenters. The third-order valence-corrected chi connectivity index (χ3v) is 2.86. The van der Waals surface area contributed by atoms with Crippen molar-refractivity contribution in [1.29, 1.82) is 5.26 Å². The smallest absolute Gasteiger partial charge is 0.343 e. The highest BCUT2D eigenvalue weighted by atomic mass is 16.5. The second kappa shape index (κ2) is 4.90. The predicted molar refractivity (Wildman–Crippen MR) is 72.3 cm³/mol. The first kappa shape index (κ1) is 12.0. The summed E-state index contributed by atoms with van der Waals surface area (Å²) < 4.78 is 10.6. The van der Waals surface area contributed by atoms with Crippen molar-refractivity contribution in [1.82, 2.24) is 0 Å². The van der Waals surface area contributed by atoms with Crippen LogP contribution in [0.4, 0.5) is 0 Å². The molecule has 1 heterocycles. The minimum Gasteiger partial charge on any atom is -0.460 e. The number of furan rings is 1. The summed E-state index contributed by atoms with van der Waals surface area (Å²) >= 11 is 0. The Morgan fingerprint density at radius 1 is 1.15 bits per heavy atom. The maximum atomic E-state index is 12.0. The van der Waals surface area contributed by atoms with Gasteiger partial charge in [0.05, 0.1) is 23.5 Å². The number of carbonyl (C=O) groups excluding carboxylic acids is 1. The number of fused-ring (bicyclic) bond motifs is 1. The van der Waals surface area contributed by atoms with Crippen molar-refractivity contribution in [3.8, 4) is 11.8 Å². The van der Waals surface area contributed by atoms with E-state index in [9.17, 15) is 4.79 Å². The predicted octanol–water partition coefficient (Wildman–Crippen LogP) is 3.52. The van der Waals surface area contributed by atoms with Crippen molar-refractivity contribution in [2.24, 2.45) is 0 Å². The van der Waals surface area contributed by atoms with E-state index in [1.54, 1.807) is 36.4 Å². The van der Waals surface area contributed by atoms with Crippen molar-refractivity contribution in [2.45, 2.75) is 0 Å². The number of rotatable bonds is 2. The summed E-state index contributed by atoms with van der Waals surface area (Å²) in [4.78, 5) is 12.0. The quantitative estimate of drug-likeness (QED) is 0.524. The fourth-order valence-electron chi connectivity index (χ4n) is 1.92. The molecule has 0 radical (unpaired) electrons. The Labute approximate surface area is 114 Å².